The number of nitrogens with one attached hydrogen (secondary N) is 1. The van der Waals surface area contributed by atoms with Crippen LogP contribution in [0.2, 0.25) is 0 Å². The molecule has 2 aliphatic rings. The average Bonchev–Trinajstić information content (AvgIpc) is 3.00. The van der Waals surface area contributed by atoms with Crippen LogP contribution in [-0.2, 0) is 58.6 Å². The van der Waals surface area contributed by atoms with E-state index < -0.39 is 0 Å². The predicted molar refractivity (Wildman–Crippen MR) is 77.6 cm³/mol. The zero-order chi connectivity index (χ0) is 13.4. The minimum absolute atomic E-state index is 0. The fraction of sp³-hybridized carbons (Fsp3) is 0.769. The van der Waals surface area contributed by atoms with Gasteiger partial charge in [0.2, 0.25) is 0 Å². The van der Waals surface area contributed by atoms with Crippen LogP contribution in [0.3, 0.4) is 0 Å². The molecule has 7 heteroatoms. The molecule has 1 aliphatic heterocycles. The maximum absolute atomic E-state index is 10.2. The number of likely N-dealkylation sites (tertiary alicyclic amines) is 1. The van der Waals surface area contributed by atoms with Gasteiger partial charge in [-0.3, -0.25) is 16.1 Å². The van der Waals surface area contributed by atoms with Crippen LogP contribution >= 0.6 is 9.03 Å². The van der Waals surface area contributed by atoms with E-state index in [1.165, 1.54) is 0 Å². The number of amides is 1. The molecule has 1 saturated heterocycles. The summed E-state index contributed by atoms with van der Waals surface area (Å²) >= 11 is 0. The van der Waals surface area contributed by atoms with Crippen molar-refractivity contribution in [3.05, 3.63) is 19.6 Å². The van der Waals surface area contributed by atoms with E-state index in [4.69, 9.17) is 5.16 Å². The summed E-state index contributed by atoms with van der Waals surface area (Å²) in [6.45, 7) is 9.75. The molecule has 1 aliphatic carbocycles. The molecule has 1 amide bonds. The fourth-order valence-electron chi connectivity index (χ4n) is 3.82. The number of hydrogen-bond acceptors (Lipinski definition) is 2. The Morgan fingerprint density at radius 3 is 1.90 bits per heavy atom. The number of piperidine rings is 1. The van der Waals surface area contributed by atoms with E-state index in [0.29, 0.717) is 17.8 Å². The number of rotatable bonds is 3. The summed E-state index contributed by atoms with van der Waals surface area (Å²) in [6, 6.07) is 0. The molecule has 3 atom stereocenters. The van der Waals surface area contributed by atoms with Crippen LogP contribution in [0, 0.1) is 32.2 Å². The van der Waals surface area contributed by atoms with Gasteiger partial charge in [0.25, 0.3) is 0 Å². The summed E-state index contributed by atoms with van der Waals surface area (Å²) in [5, 5.41) is 9.49. The molecule has 1 unspecified atom stereocenters. The van der Waals surface area contributed by atoms with Gasteiger partial charge in [0.1, 0.15) is 0 Å². The number of carbonyl (C=O) groups excluding carboxylic acids is 1. The zero-order valence-corrected chi connectivity index (χ0v) is 19.7. The Hall–Kier alpha value is 1.32. The molecule has 4 nitrogen and oxygen atoms in total. The van der Waals surface area contributed by atoms with Crippen molar-refractivity contribution < 1.29 is 58.6 Å². The monoisotopic (exact) mass is 542 g/mol. The summed E-state index contributed by atoms with van der Waals surface area (Å²) in [6.07, 6.45) is 1.77. The first-order valence-electron chi connectivity index (χ1n) is 5.78. The number of nitrogens with zero attached hydrogens (tertiary/aromatic N) is 2. The summed E-state index contributed by atoms with van der Waals surface area (Å²) < 4.78 is 0. The van der Waals surface area contributed by atoms with Crippen LogP contribution < -0.4 is 5.32 Å². The molecule has 0 aromatic rings. The van der Waals surface area contributed by atoms with E-state index in [2.05, 4.69) is 45.0 Å². The SMILES string of the molecule is [CH2-]N1C(C)(C)[C@@H]2C(CN[C-]=O)[C@@H]2C1(C)C.[CH3-].[N-]=P.[W+2].[Y]. The molecule has 2 rings (SSSR count). The van der Waals surface area contributed by atoms with Gasteiger partial charge < -0.3 is 27.6 Å². The van der Waals surface area contributed by atoms with E-state index in [9.17, 15) is 4.79 Å². The molecule has 1 N–H and O–H groups in total. The molecular weight excluding hydrogens is 518 g/mol. The smallest absolute Gasteiger partial charge is 0.786 e. The fourth-order valence-corrected chi connectivity index (χ4v) is 3.82. The Balaban J connectivity index is -0.000000553. The van der Waals surface area contributed by atoms with E-state index in [1.807, 2.05) is 9.03 Å². The van der Waals surface area contributed by atoms with Gasteiger partial charge in [-0.25, -0.2) is 0 Å². The van der Waals surface area contributed by atoms with Gasteiger partial charge in [-0.05, 0) is 63.1 Å². The molecule has 0 aromatic carbocycles. The third kappa shape index (κ3) is 4.20. The van der Waals surface area contributed by atoms with Crippen molar-refractivity contribution in [3.8, 4) is 0 Å². The Morgan fingerprint density at radius 1 is 1.25 bits per heavy atom. The van der Waals surface area contributed by atoms with Gasteiger partial charge in [-0.15, -0.1) is 0 Å². The third-order valence-electron chi connectivity index (χ3n) is 4.60. The van der Waals surface area contributed by atoms with Crippen LogP contribution in [0.15, 0.2) is 0 Å². The molecule has 0 bridgehead atoms. The molecule has 20 heavy (non-hydrogen) atoms. The Morgan fingerprint density at radius 2 is 1.60 bits per heavy atom. The second-order valence-corrected chi connectivity index (χ2v) is 5.93. The van der Waals surface area contributed by atoms with Crippen LogP contribution in [0.5, 0.6) is 0 Å². The van der Waals surface area contributed by atoms with Crippen molar-refractivity contribution in [2.45, 2.75) is 38.8 Å². The second kappa shape index (κ2) is 9.46. The molecular formula is C13H24N3OPWY-2. The third-order valence-corrected chi connectivity index (χ3v) is 4.60. The molecule has 0 aromatic heterocycles. The summed E-state index contributed by atoms with van der Waals surface area (Å²) in [5.74, 6) is 1.92. The predicted octanol–water partition coefficient (Wildman–Crippen LogP) is 2.50. The van der Waals surface area contributed by atoms with Crippen molar-refractivity contribution in [1.29, 1.82) is 0 Å². The zero-order valence-electron chi connectivity index (χ0n) is 12.9. The van der Waals surface area contributed by atoms with Gasteiger partial charge in [-0.1, -0.05) is 0 Å². The maximum Gasteiger partial charge on any atom is 2.00 e. The Labute approximate surface area is 165 Å². The largest absolute Gasteiger partial charge is 2.00 e. The standard InChI is InChI=1S/C12H20N2O.CH3.HNP.W.Y/c1-11(2)9-8(6-13-7-15)10(9)12(3,4)14(11)5;;1-2;;/h8-10H,5-6H2,1-4H3,(H,13,15);1H3;2H;;/q-2;2*-1;+2;/t8?,9-,10+;;;;. The maximum atomic E-state index is 10.2. The number of hydrogen-bond donors (Lipinski definition) is 1. The molecule has 0 spiro atoms. The van der Waals surface area contributed by atoms with E-state index >= 15 is 0 Å². The first-order valence-corrected chi connectivity index (χ1v) is 6.23. The van der Waals surface area contributed by atoms with Crippen LogP contribution in [-0.4, -0.2) is 28.9 Å². The van der Waals surface area contributed by atoms with Gasteiger partial charge in [0.05, 0.1) is 0 Å². The summed E-state index contributed by atoms with van der Waals surface area (Å²) in [7, 11) is 6.15. The van der Waals surface area contributed by atoms with Crippen molar-refractivity contribution in [3.63, 3.8) is 0 Å². The molecule has 1 radical (unpaired) electrons. The molecule has 1 saturated carbocycles. The summed E-state index contributed by atoms with van der Waals surface area (Å²) in [5.41, 5.74) is 0.285. The summed E-state index contributed by atoms with van der Waals surface area (Å²) in [4.78, 5) is 12.4. The minimum atomic E-state index is 0. The first-order chi connectivity index (χ1) is 7.85. The Bertz CT molecular complexity index is 296. The topological polar surface area (TPSA) is 54.6 Å². The van der Waals surface area contributed by atoms with Crippen molar-refractivity contribution >= 4 is 15.4 Å². The van der Waals surface area contributed by atoms with Crippen molar-refractivity contribution in [1.82, 2.24) is 10.2 Å². The van der Waals surface area contributed by atoms with Crippen molar-refractivity contribution in [2.24, 2.45) is 17.8 Å². The average molecular weight is 542 g/mol. The molecule has 2 fully saturated rings. The normalized spacial score (nSPS) is 30.9. The van der Waals surface area contributed by atoms with Crippen LogP contribution in [0.1, 0.15) is 27.7 Å². The van der Waals surface area contributed by atoms with Gasteiger partial charge in [0, 0.05) is 32.7 Å². The van der Waals surface area contributed by atoms with Gasteiger partial charge >= 0.3 is 21.1 Å². The first kappa shape index (κ1) is 26.2. The van der Waals surface area contributed by atoms with Crippen LogP contribution in [0.25, 0.3) is 5.16 Å². The number of fused-ring (bicyclic) bond motifs is 1. The Kier molecular flexibility index (Phi) is 12.4. The van der Waals surface area contributed by atoms with Crippen molar-refractivity contribution in [2.75, 3.05) is 6.54 Å². The van der Waals surface area contributed by atoms with E-state index in [0.717, 1.165) is 6.54 Å². The van der Waals surface area contributed by atoms with E-state index in [-0.39, 0.29) is 72.3 Å². The molecule has 113 valence electrons. The van der Waals surface area contributed by atoms with E-state index in [1.54, 1.807) is 6.41 Å². The minimum Gasteiger partial charge on any atom is -0.786 e. The molecule has 1 heterocycles. The van der Waals surface area contributed by atoms with Gasteiger partial charge in [0.15, 0.2) is 0 Å². The van der Waals surface area contributed by atoms with Gasteiger partial charge in [-0.2, -0.15) is 6.41 Å². The second-order valence-electron chi connectivity index (χ2n) is 5.93. The quantitative estimate of drug-likeness (QED) is 0.339. The van der Waals surface area contributed by atoms with Crippen LogP contribution in [0.4, 0.5) is 0 Å².